The summed E-state index contributed by atoms with van der Waals surface area (Å²) < 4.78 is 11.0. The zero-order chi connectivity index (χ0) is 12.3. The van der Waals surface area contributed by atoms with Crippen LogP contribution < -0.4 is 5.32 Å². The van der Waals surface area contributed by atoms with E-state index in [-0.39, 0.29) is 0 Å². The third-order valence-electron chi connectivity index (χ3n) is 2.46. The molecule has 0 spiro atoms. The summed E-state index contributed by atoms with van der Waals surface area (Å²) in [6.07, 6.45) is 1.06. The van der Waals surface area contributed by atoms with Crippen molar-refractivity contribution in [3.05, 3.63) is 35.4 Å². The molecule has 0 unspecified atom stereocenters. The van der Waals surface area contributed by atoms with Crippen LogP contribution in [0.25, 0.3) is 0 Å². The molecule has 1 rings (SSSR count). The summed E-state index contributed by atoms with van der Waals surface area (Å²) in [5, 5.41) is 3.16. The molecule has 0 aliphatic heterocycles. The summed E-state index contributed by atoms with van der Waals surface area (Å²) in [5.41, 5.74) is 2.54. The SMILES string of the molecule is CCCOCCOCc1ccccc1CNC. The first-order valence-corrected chi connectivity index (χ1v) is 6.25. The molecule has 0 radical (unpaired) electrons. The topological polar surface area (TPSA) is 30.5 Å². The van der Waals surface area contributed by atoms with E-state index in [9.17, 15) is 0 Å². The Morgan fingerprint density at radius 2 is 1.71 bits per heavy atom. The Balaban J connectivity index is 2.25. The molecule has 3 nitrogen and oxygen atoms in total. The fourth-order valence-corrected chi connectivity index (χ4v) is 1.61. The van der Waals surface area contributed by atoms with Gasteiger partial charge in [-0.05, 0) is 24.6 Å². The maximum atomic E-state index is 5.60. The lowest BCUT2D eigenvalue weighted by atomic mass is 10.1. The Bertz CT molecular complexity index is 302. The summed E-state index contributed by atoms with van der Waals surface area (Å²) >= 11 is 0. The molecule has 1 aromatic rings. The first kappa shape index (κ1) is 14.2. The Morgan fingerprint density at radius 1 is 1.00 bits per heavy atom. The summed E-state index contributed by atoms with van der Waals surface area (Å²) in [4.78, 5) is 0. The Hall–Kier alpha value is -0.900. The second-order valence-electron chi connectivity index (χ2n) is 3.96. The van der Waals surface area contributed by atoms with Gasteiger partial charge in [-0.1, -0.05) is 31.2 Å². The van der Waals surface area contributed by atoms with Crippen molar-refractivity contribution in [2.75, 3.05) is 26.9 Å². The van der Waals surface area contributed by atoms with Crippen molar-refractivity contribution in [1.82, 2.24) is 5.32 Å². The van der Waals surface area contributed by atoms with Crippen LogP contribution in [0.3, 0.4) is 0 Å². The zero-order valence-corrected chi connectivity index (χ0v) is 10.9. The van der Waals surface area contributed by atoms with Gasteiger partial charge in [-0.2, -0.15) is 0 Å². The lowest BCUT2D eigenvalue weighted by molar-refractivity contribution is 0.0406. The molecule has 0 bridgehead atoms. The van der Waals surface area contributed by atoms with Crippen molar-refractivity contribution in [3.8, 4) is 0 Å². The van der Waals surface area contributed by atoms with Gasteiger partial charge in [-0.15, -0.1) is 0 Å². The van der Waals surface area contributed by atoms with E-state index in [1.165, 1.54) is 11.1 Å². The number of nitrogens with one attached hydrogen (secondary N) is 1. The number of hydrogen-bond acceptors (Lipinski definition) is 3. The largest absolute Gasteiger partial charge is 0.379 e. The summed E-state index contributed by atoms with van der Waals surface area (Å²) in [5.74, 6) is 0. The molecule has 0 aromatic heterocycles. The predicted molar refractivity (Wildman–Crippen MR) is 70.0 cm³/mol. The van der Waals surface area contributed by atoms with Gasteiger partial charge >= 0.3 is 0 Å². The Labute approximate surface area is 104 Å². The number of ether oxygens (including phenoxy) is 2. The van der Waals surface area contributed by atoms with Gasteiger partial charge < -0.3 is 14.8 Å². The van der Waals surface area contributed by atoms with Gasteiger partial charge in [0, 0.05) is 13.2 Å². The summed E-state index contributed by atoms with van der Waals surface area (Å²) in [6, 6.07) is 8.34. The van der Waals surface area contributed by atoms with E-state index in [1.54, 1.807) is 0 Å². The fourth-order valence-electron chi connectivity index (χ4n) is 1.61. The minimum Gasteiger partial charge on any atom is -0.379 e. The highest BCUT2D eigenvalue weighted by Gasteiger charge is 2.00. The molecule has 0 fully saturated rings. The van der Waals surface area contributed by atoms with Crippen LogP contribution in [0.2, 0.25) is 0 Å². The van der Waals surface area contributed by atoms with Crippen molar-refractivity contribution in [2.24, 2.45) is 0 Å². The van der Waals surface area contributed by atoms with Crippen LogP contribution in [0.5, 0.6) is 0 Å². The van der Waals surface area contributed by atoms with Gasteiger partial charge in [0.25, 0.3) is 0 Å². The van der Waals surface area contributed by atoms with Gasteiger partial charge in [-0.25, -0.2) is 0 Å². The van der Waals surface area contributed by atoms with Crippen LogP contribution in [0.4, 0.5) is 0 Å². The minimum absolute atomic E-state index is 0.660. The number of rotatable bonds is 9. The second-order valence-corrected chi connectivity index (χ2v) is 3.96. The highest BCUT2D eigenvalue weighted by atomic mass is 16.5. The maximum Gasteiger partial charge on any atom is 0.0721 e. The standard InChI is InChI=1S/C14H23NO2/c1-3-8-16-9-10-17-12-14-7-5-4-6-13(14)11-15-2/h4-7,15H,3,8-12H2,1-2H3. The third-order valence-corrected chi connectivity index (χ3v) is 2.46. The number of hydrogen-bond donors (Lipinski definition) is 1. The van der Waals surface area contributed by atoms with Crippen LogP contribution in [-0.2, 0) is 22.6 Å². The van der Waals surface area contributed by atoms with Crippen molar-refractivity contribution in [2.45, 2.75) is 26.5 Å². The molecule has 0 aliphatic carbocycles. The minimum atomic E-state index is 0.660. The first-order chi connectivity index (χ1) is 8.38. The molecule has 0 heterocycles. The number of benzene rings is 1. The van der Waals surface area contributed by atoms with Gasteiger partial charge in [-0.3, -0.25) is 0 Å². The molecule has 17 heavy (non-hydrogen) atoms. The molecule has 0 amide bonds. The fraction of sp³-hybridized carbons (Fsp3) is 0.571. The van der Waals surface area contributed by atoms with Gasteiger partial charge in [0.05, 0.1) is 19.8 Å². The molecule has 3 heteroatoms. The van der Waals surface area contributed by atoms with E-state index >= 15 is 0 Å². The maximum absolute atomic E-state index is 5.60. The van der Waals surface area contributed by atoms with Crippen molar-refractivity contribution < 1.29 is 9.47 Å². The van der Waals surface area contributed by atoms with Crippen LogP contribution in [0.1, 0.15) is 24.5 Å². The monoisotopic (exact) mass is 237 g/mol. The molecular weight excluding hydrogens is 214 g/mol. The van der Waals surface area contributed by atoms with Crippen LogP contribution >= 0.6 is 0 Å². The van der Waals surface area contributed by atoms with Crippen LogP contribution in [0.15, 0.2) is 24.3 Å². The zero-order valence-electron chi connectivity index (χ0n) is 10.9. The lowest BCUT2D eigenvalue weighted by Crippen LogP contribution is -2.10. The van der Waals surface area contributed by atoms with Crippen LogP contribution in [-0.4, -0.2) is 26.9 Å². The summed E-state index contributed by atoms with van der Waals surface area (Å²) in [7, 11) is 1.95. The van der Waals surface area contributed by atoms with E-state index in [1.807, 2.05) is 13.1 Å². The molecule has 96 valence electrons. The molecule has 0 saturated carbocycles. The third kappa shape index (κ3) is 5.82. The summed E-state index contributed by atoms with van der Waals surface area (Å²) in [6.45, 7) is 5.81. The Morgan fingerprint density at radius 3 is 2.41 bits per heavy atom. The first-order valence-electron chi connectivity index (χ1n) is 6.25. The molecule has 0 aliphatic rings. The molecule has 0 saturated heterocycles. The van der Waals surface area contributed by atoms with E-state index < -0.39 is 0 Å². The molecule has 0 atom stereocenters. The average molecular weight is 237 g/mol. The van der Waals surface area contributed by atoms with Crippen molar-refractivity contribution >= 4 is 0 Å². The second kappa shape index (κ2) is 9.16. The van der Waals surface area contributed by atoms with Gasteiger partial charge in [0.2, 0.25) is 0 Å². The normalized spacial score (nSPS) is 10.7. The van der Waals surface area contributed by atoms with Crippen molar-refractivity contribution in [3.63, 3.8) is 0 Å². The smallest absolute Gasteiger partial charge is 0.0721 e. The average Bonchev–Trinajstić information content (AvgIpc) is 2.36. The van der Waals surface area contributed by atoms with Gasteiger partial charge in [0.1, 0.15) is 0 Å². The van der Waals surface area contributed by atoms with E-state index in [0.717, 1.165) is 19.6 Å². The predicted octanol–water partition coefficient (Wildman–Crippen LogP) is 2.35. The van der Waals surface area contributed by atoms with Crippen LogP contribution in [0, 0.1) is 0 Å². The van der Waals surface area contributed by atoms with E-state index in [0.29, 0.717) is 19.8 Å². The van der Waals surface area contributed by atoms with E-state index in [4.69, 9.17) is 9.47 Å². The molecule has 1 aromatic carbocycles. The lowest BCUT2D eigenvalue weighted by Gasteiger charge is -2.09. The van der Waals surface area contributed by atoms with Gasteiger partial charge in [0.15, 0.2) is 0 Å². The highest BCUT2D eigenvalue weighted by molar-refractivity contribution is 5.26. The quantitative estimate of drug-likeness (QED) is 0.669. The van der Waals surface area contributed by atoms with Crippen molar-refractivity contribution in [1.29, 1.82) is 0 Å². The molecule has 1 N–H and O–H groups in total. The molecular formula is C14H23NO2. The Kier molecular flexibility index (Phi) is 7.63. The van der Waals surface area contributed by atoms with E-state index in [2.05, 4.69) is 30.4 Å². The highest BCUT2D eigenvalue weighted by Crippen LogP contribution is 2.09.